The Balaban J connectivity index is 2.04. The van der Waals surface area contributed by atoms with Crippen LogP contribution in [0.25, 0.3) is 10.2 Å². The second kappa shape index (κ2) is 6.41. The molecule has 5 nitrogen and oxygen atoms in total. The Labute approximate surface area is 144 Å². The molecule has 2 aromatic carbocycles. The Morgan fingerprint density at radius 2 is 1.88 bits per heavy atom. The molecular formula is C17H18N2O3S2. The van der Waals surface area contributed by atoms with Crippen molar-refractivity contribution in [3.05, 3.63) is 57.7 Å². The summed E-state index contributed by atoms with van der Waals surface area (Å²) in [4.78, 5) is 12.0. The van der Waals surface area contributed by atoms with Crippen LogP contribution in [0.5, 0.6) is 0 Å². The lowest BCUT2D eigenvalue weighted by Gasteiger charge is -2.11. The van der Waals surface area contributed by atoms with Crippen LogP contribution >= 0.6 is 11.3 Å². The highest BCUT2D eigenvalue weighted by molar-refractivity contribution is 7.92. The van der Waals surface area contributed by atoms with E-state index >= 15 is 0 Å². The van der Waals surface area contributed by atoms with Crippen LogP contribution in [-0.4, -0.2) is 13.0 Å². The highest BCUT2D eigenvalue weighted by atomic mass is 32.2. The number of rotatable bonds is 5. The van der Waals surface area contributed by atoms with Crippen LogP contribution in [0.2, 0.25) is 0 Å². The Bertz CT molecular complexity index is 1050. The van der Waals surface area contributed by atoms with E-state index in [1.54, 1.807) is 28.8 Å². The number of aryl methyl sites for hydroxylation is 2. The van der Waals surface area contributed by atoms with Gasteiger partial charge in [-0.2, -0.15) is 0 Å². The number of hydrogen-bond donors (Lipinski definition) is 1. The van der Waals surface area contributed by atoms with Crippen LogP contribution in [0.4, 0.5) is 5.69 Å². The summed E-state index contributed by atoms with van der Waals surface area (Å²) in [5.74, 6) is 0. The van der Waals surface area contributed by atoms with Crippen LogP contribution in [0.3, 0.4) is 0 Å². The van der Waals surface area contributed by atoms with E-state index in [0.717, 1.165) is 28.8 Å². The summed E-state index contributed by atoms with van der Waals surface area (Å²) in [5, 5.41) is 0. The van der Waals surface area contributed by atoms with Crippen LogP contribution in [0.15, 0.2) is 52.2 Å². The van der Waals surface area contributed by atoms with E-state index in [2.05, 4.69) is 4.72 Å². The van der Waals surface area contributed by atoms with Gasteiger partial charge in [-0.15, -0.1) is 0 Å². The molecule has 0 aliphatic heterocycles. The molecule has 0 atom stereocenters. The third kappa shape index (κ3) is 2.97. The molecule has 126 valence electrons. The van der Waals surface area contributed by atoms with Crippen molar-refractivity contribution in [2.75, 3.05) is 4.72 Å². The zero-order chi connectivity index (χ0) is 17.3. The van der Waals surface area contributed by atoms with Crippen molar-refractivity contribution >= 4 is 37.3 Å². The highest BCUT2D eigenvalue weighted by Crippen LogP contribution is 2.25. The molecule has 1 heterocycles. The smallest absolute Gasteiger partial charge is 0.299 e. The number of thiazole rings is 1. The maximum absolute atomic E-state index is 12.7. The summed E-state index contributed by atoms with van der Waals surface area (Å²) < 4.78 is 30.3. The minimum absolute atomic E-state index is 0.0775. The minimum Gasteiger partial charge on any atom is -0.299 e. The van der Waals surface area contributed by atoms with Crippen molar-refractivity contribution in [1.82, 2.24) is 4.57 Å². The fourth-order valence-electron chi connectivity index (χ4n) is 2.65. The zero-order valence-electron chi connectivity index (χ0n) is 13.4. The van der Waals surface area contributed by atoms with Crippen LogP contribution in [0.1, 0.15) is 19.4 Å². The number of aromatic nitrogens is 1. The van der Waals surface area contributed by atoms with Crippen LogP contribution < -0.4 is 9.60 Å². The van der Waals surface area contributed by atoms with Gasteiger partial charge < -0.3 is 0 Å². The lowest BCUT2D eigenvalue weighted by molar-refractivity contribution is 0.601. The largest absolute Gasteiger partial charge is 0.308 e. The van der Waals surface area contributed by atoms with Crippen molar-refractivity contribution in [2.45, 2.75) is 31.7 Å². The van der Waals surface area contributed by atoms with Gasteiger partial charge in [0.15, 0.2) is 0 Å². The quantitative estimate of drug-likeness (QED) is 0.756. The van der Waals surface area contributed by atoms with Crippen molar-refractivity contribution < 1.29 is 8.42 Å². The monoisotopic (exact) mass is 362 g/mol. The van der Waals surface area contributed by atoms with E-state index in [9.17, 15) is 13.2 Å². The summed E-state index contributed by atoms with van der Waals surface area (Å²) in [6.07, 6.45) is 0.735. The topological polar surface area (TPSA) is 68.2 Å². The molecular weight excluding hydrogens is 344 g/mol. The molecule has 3 rings (SSSR count). The molecule has 0 bridgehead atoms. The Kier molecular flexibility index (Phi) is 4.47. The predicted octanol–water partition coefficient (Wildman–Crippen LogP) is 3.45. The van der Waals surface area contributed by atoms with E-state index in [0.29, 0.717) is 16.9 Å². The maximum atomic E-state index is 12.7. The number of hydrogen-bond acceptors (Lipinski definition) is 4. The van der Waals surface area contributed by atoms with Gasteiger partial charge in [-0.05, 0) is 43.2 Å². The predicted molar refractivity (Wildman–Crippen MR) is 98.4 cm³/mol. The van der Waals surface area contributed by atoms with E-state index in [1.807, 2.05) is 26.0 Å². The van der Waals surface area contributed by atoms with E-state index in [-0.39, 0.29) is 9.77 Å². The molecule has 0 unspecified atom stereocenters. The second-order valence-corrected chi connectivity index (χ2v) is 8.03. The number of nitrogens with zero attached hydrogens (tertiary/aromatic N) is 1. The molecule has 24 heavy (non-hydrogen) atoms. The minimum atomic E-state index is -3.70. The van der Waals surface area contributed by atoms with Crippen molar-refractivity contribution in [3.63, 3.8) is 0 Å². The summed E-state index contributed by atoms with van der Waals surface area (Å²) in [5.41, 5.74) is 2.28. The van der Waals surface area contributed by atoms with Gasteiger partial charge in [-0.1, -0.05) is 36.5 Å². The van der Waals surface area contributed by atoms with Crippen molar-refractivity contribution in [2.24, 2.45) is 0 Å². The normalized spacial score (nSPS) is 11.8. The standard InChI is InChI=1S/C17H18N2O3S2/c1-3-12-7-5-6-8-14(12)18-24(21,22)13-9-10-15-16(11-13)23-17(20)19(15)4-2/h5-11,18H,3-4H2,1-2H3. The summed E-state index contributed by atoms with van der Waals surface area (Å²) >= 11 is 1.06. The molecule has 0 saturated carbocycles. The van der Waals surface area contributed by atoms with Gasteiger partial charge in [-0.3, -0.25) is 14.1 Å². The first kappa shape index (κ1) is 16.7. The molecule has 0 aliphatic rings. The third-order valence-corrected chi connectivity index (χ3v) is 6.21. The third-order valence-electron chi connectivity index (χ3n) is 3.91. The lowest BCUT2D eigenvalue weighted by atomic mass is 10.1. The van der Waals surface area contributed by atoms with Gasteiger partial charge >= 0.3 is 4.87 Å². The fourth-order valence-corrected chi connectivity index (χ4v) is 4.84. The van der Waals surface area contributed by atoms with Gasteiger partial charge in [0.25, 0.3) is 10.0 Å². The molecule has 0 aliphatic carbocycles. The molecule has 1 N–H and O–H groups in total. The number of nitrogens with one attached hydrogen (secondary N) is 1. The van der Waals surface area contributed by atoms with E-state index in [1.165, 1.54) is 6.07 Å². The molecule has 3 aromatic rings. The molecule has 1 aromatic heterocycles. The average molecular weight is 362 g/mol. The van der Waals surface area contributed by atoms with E-state index in [4.69, 9.17) is 0 Å². The number of fused-ring (bicyclic) bond motifs is 1. The summed E-state index contributed by atoms with van der Waals surface area (Å²) in [6, 6.07) is 12.1. The number of benzene rings is 2. The van der Waals surface area contributed by atoms with Crippen molar-refractivity contribution in [1.29, 1.82) is 0 Å². The second-order valence-electron chi connectivity index (χ2n) is 5.36. The Morgan fingerprint density at radius 3 is 2.58 bits per heavy atom. The molecule has 0 fully saturated rings. The molecule has 0 saturated heterocycles. The molecule has 0 spiro atoms. The number of sulfonamides is 1. The molecule has 0 radical (unpaired) electrons. The van der Waals surface area contributed by atoms with Crippen molar-refractivity contribution in [3.8, 4) is 0 Å². The Hall–Kier alpha value is -2.12. The van der Waals surface area contributed by atoms with Crippen LogP contribution in [-0.2, 0) is 23.0 Å². The Morgan fingerprint density at radius 1 is 1.12 bits per heavy atom. The highest BCUT2D eigenvalue weighted by Gasteiger charge is 2.17. The SMILES string of the molecule is CCc1ccccc1NS(=O)(=O)c1ccc2c(c1)sc(=O)n2CC. The number of para-hydroxylation sites is 1. The van der Waals surface area contributed by atoms with Gasteiger partial charge in [0.05, 0.1) is 20.8 Å². The first-order chi connectivity index (χ1) is 11.5. The van der Waals surface area contributed by atoms with Gasteiger partial charge in [0.1, 0.15) is 0 Å². The zero-order valence-corrected chi connectivity index (χ0v) is 15.1. The van der Waals surface area contributed by atoms with Gasteiger partial charge in [0, 0.05) is 6.54 Å². The first-order valence-electron chi connectivity index (χ1n) is 7.70. The maximum Gasteiger partial charge on any atom is 0.308 e. The first-order valence-corrected chi connectivity index (χ1v) is 10.0. The fraction of sp³-hybridized carbons (Fsp3) is 0.235. The summed E-state index contributed by atoms with van der Waals surface area (Å²) in [6.45, 7) is 4.43. The average Bonchev–Trinajstić information content (AvgIpc) is 2.89. The van der Waals surface area contributed by atoms with Gasteiger partial charge in [0.2, 0.25) is 0 Å². The summed E-state index contributed by atoms with van der Waals surface area (Å²) in [7, 11) is -3.70. The molecule has 7 heteroatoms. The molecule has 0 amide bonds. The van der Waals surface area contributed by atoms with Crippen LogP contribution in [0, 0.1) is 0 Å². The van der Waals surface area contributed by atoms with Gasteiger partial charge in [-0.25, -0.2) is 8.42 Å². The van der Waals surface area contributed by atoms with E-state index < -0.39 is 10.0 Å². The lowest BCUT2D eigenvalue weighted by Crippen LogP contribution is -2.14. The number of anilines is 1.